The van der Waals surface area contributed by atoms with Gasteiger partial charge in [-0.3, -0.25) is 0 Å². The lowest BCUT2D eigenvalue weighted by Crippen LogP contribution is -2.10. The average Bonchev–Trinajstić information content (AvgIpc) is 2.82. The van der Waals surface area contributed by atoms with Gasteiger partial charge >= 0.3 is 0 Å². The first kappa shape index (κ1) is 11.6. The van der Waals surface area contributed by atoms with E-state index in [1.165, 1.54) is 0 Å². The predicted molar refractivity (Wildman–Crippen MR) is 67.5 cm³/mol. The average molecular weight is 231 g/mol. The topological polar surface area (TPSA) is 55.6 Å². The van der Waals surface area contributed by atoms with E-state index < -0.39 is 0 Å². The Morgan fingerprint density at radius 2 is 2.06 bits per heavy atom. The molecule has 0 radical (unpaired) electrons. The maximum Gasteiger partial charge on any atom is 0.162 e. The molecule has 0 atom stereocenters. The lowest BCUT2D eigenvalue weighted by Gasteiger charge is -2.13. The van der Waals surface area contributed by atoms with Crippen LogP contribution < -0.4 is 5.32 Å². The van der Waals surface area contributed by atoms with Gasteiger partial charge < -0.3 is 5.32 Å². The Labute approximate surface area is 101 Å². The van der Waals surface area contributed by atoms with Crippen LogP contribution in [0, 0.1) is 6.92 Å². The third-order valence-electron chi connectivity index (χ3n) is 2.61. The number of aromatic nitrogens is 4. The van der Waals surface area contributed by atoms with Crippen molar-refractivity contribution >= 4 is 5.82 Å². The minimum Gasteiger partial charge on any atom is -0.373 e. The number of nitrogens with zero attached hydrogens (tertiary/aromatic N) is 4. The summed E-state index contributed by atoms with van der Waals surface area (Å²) >= 11 is 0. The second-order valence-electron chi connectivity index (χ2n) is 4.23. The van der Waals surface area contributed by atoms with Crippen LogP contribution in [0.3, 0.4) is 0 Å². The predicted octanol–water partition coefficient (Wildman–Crippen LogP) is 2.14. The van der Waals surface area contributed by atoms with Gasteiger partial charge in [-0.25, -0.2) is 14.6 Å². The van der Waals surface area contributed by atoms with Crippen molar-refractivity contribution < 1.29 is 0 Å². The molecule has 0 amide bonds. The van der Waals surface area contributed by atoms with Crippen molar-refractivity contribution in [2.75, 3.05) is 12.4 Å². The van der Waals surface area contributed by atoms with E-state index in [0.717, 1.165) is 23.0 Å². The van der Waals surface area contributed by atoms with Crippen molar-refractivity contribution in [3.05, 3.63) is 29.8 Å². The molecular formula is C12H17N5. The molecule has 0 saturated heterocycles. The second-order valence-corrected chi connectivity index (χ2v) is 4.23. The van der Waals surface area contributed by atoms with Crippen LogP contribution in [0.1, 0.15) is 31.2 Å². The number of anilines is 1. The van der Waals surface area contributed by atoms with Gasteiger partial charge in [-0.05, 0) is 13.0 Å². The Kier molecular flexibility index (Phi) is 3.08. The molecule has 0 spiro atoms. The Hall–Kier alpha value is -1.91. The molecule has 2 aromatic heterocycles. The lowest BCUT2D eigenvalue weighted by molar-refractivity contribution is 0.742. The van der Waals surface area contributed by atoms with Crippen LogP contribution in [-0.4, -0.2) is 26.8 Å². The highest BCUT2D eigenvalue weighted by Crippen LogP contribution is 2.21. The van der Waals surface area contributed by atoms with Gasteiger partial charge in [-0.1, -0.05) is 13.8 Å². The summed E-state index contributed by atoms with van der Waals surface area (Å²) in [6, 6.07) is 1.88. The van der Waals surface area contributed by atoms with Gasteiger partial charge in [0, 0.05) is 30.9 Å². The maximum atomic E-state index is 4.57. The van der Waals surface area contributed by atoms with Crippen LogP contribution in [0.5, 0.6) is 0 Å². The fourth-order valence-electron chi connectivity index (χ4n) is 1.64. The quantitative estimate of drug-likeness (QED) is 0.879. The van der Waals surface area contributed by atoms with Crippen LogP contribution in [0.2, 0.25) is 0 Å². The Morgan fingerprint density at radius 3 is 2.59 bits per heavy atom. The van der Waals surface area contributed by atoms with Crippen LogP contribution in [0.25, 0.3) is 5.82 Å². The molecule has 90 valence electrons. The van der Waals surface area contributed by atoms with E-state index in [2.05, 4.69) is 34.2 Å². The highest BCUT2D eigenvalue weighted by atomic mass is 15.3. The van der Waals surface area contributed by atoms with Crippen LogP contribution in [0.4, 0.5) is 5.82 Å². The highest BCUT2D eigenvalue weighted by molar-refractivity contribution is 5.51. The molecule has 5 nitrogen and oxygen atoms in total. The summed E-state index contributed by atoms with van der Waals surface area (Å²) in [5.41, 5.74) is 1.00. The van der Waals surface area contributed by atoms with Gasteiger partial charge in [0.15, 0.2) is 5.82 Å². The van der Waals surface area contributed by atoms with Crippen molar-refractivity contribution in [1.82, 2.24) is 19.7 Å². The van der Waals surface area contributed by atoms with Crippen LogP contribution in [-0.2, 0) is 0 Å². The fraction of sp³-hybridized carbons (Fsp3) is 0.417. The number of hydrogen-bond donors (Lipinski definition) is 1. The summed E-state index contributed by atoms with van der Waals surface area (Å²) in [5.74, 6) is 2.80. The van der Waals surface area contributed by atoms with Crippen molar-refractivity contribution in [2.24, 2.45) is 0 Å². The Morgan fingerprint density at radius 1 is 1.29 bits per heavy atom. The first-order chi connectivity index (χ1) is 8.13. The number of hydrogen-bond acceptors (Lipinski definition) is 4. The molecule has 0 bridgehead atoms. The molecule has 0 fully saturated rings. The van der Waals surface area contributed by atoms with Gasteiger partial charge in [0.25, 0.3) is 0 Å². The van der Waals surface area contributed by atoms with E-state index in [-0.39, 0.29) is 5.92 Å². The molecule has 1 N–H and O–H groups in total. The zero-order chi connectivity index (χ0) is 12.4. The molecule has 0 saturated carbocycles. The minimum atomic E-state index is 0.289. The molecule has 0 unspecified atom stereocenters. The largest absolute Gasteiger partial charge is 0.373 e. The summed E-state index contributed by atoms with van der Waals surface area (Å²) in [7, 11) is 1.87. The first-order valence-electron chi connectivity index (χ1n) is 5.69. The molecule has 2 aromatic rings. The number of rotatable bonds is 3. The lowest BCUT2D eigenvalue weighted by atomic mass is 10.2. The van der Waals surface area contributed by atoms with Gasteiger partial charge in [-0.15, -0.1) is 0 Å². The van der Waals surface area contributed by atoms with E-state index in [4.69, 9.17) is 0 Å². The number of nitrogens with one attached hydrogen (secondary N) is 1. The molecule has 5 heteroatoms. The summed E-state index contributed by atoms with van der Waals surface area (Å²) < 4.78 is 1.77. The zero-order valence-corrected chi connectivity index (χ0v) is 10.6. The third-order valence-corrected chi connectivity index (χ3v) is 2.61. The monoisotopic (exact) mass is 231 g/mol. The fourth-order valence-corrected chi connectivity index (χ4v) is 1.64. The normalized spacial score (nSPS) is 10.9. The van der Waals surface area contributed by atoms with Crippen molar-refractivity contribution in [3.8, 4) is 5.82 Å². The molecule has 0 aliphatic carbocycles. The Bertz CT molecular complexity index is 502. The van der Waals surface area contributed by atoms with Gasteiger partial charge in [0.2, 0.25) is 0 Å². The summed E-state index contributed by atoms with van der Waals surface area (Å²) in [6.07, 6.45) is 3.63. The SMILES string of the molecule is CNc1nc(C(C)C)nc(-n2cccn2)c1C. The molecule has 0 aliphatic heterocycles. The zero-order valence-electron chi connectivity index (χ0n) is 10.6. The van der Waals surface area contributed by atoms with Crippen molar-refractivity contribution in [3.63, 3.8) is 0 Å². The molecule has 2 heterocycles. The molecular weight excluding hydrogens is 214 g/mol. The van der Waals surface area contributed by atoms with E-state index in [9.17, 15) is 0 Å². The van der Waals surface area contributed by atoms with E-state index in [0.29, 0.717) is 0 Å². The molecule has 2 rings (SSSR count). The van der Waals surface area contributed by atoms with E-state index in [1.54, 1.807) is 10.9 Å². The molecule has 17 heavy (non-hydrogen) atoms. The Balaban J connectivity index is 2.61. The standard InChI is InChI=1S/C12H17N5/c1-8(2)10-15-11(13-4)9(3)12(16-10)17-7-5-6-14-17/h5-8H,1-4H3,(H,13,15,16). The van der Waals surface area contributed by atoms with Crippen LogP contribution >= 0.6 is 0 Å². The molecule has 0 aromatic carbocycles. The summed E-state index contributed by atoms with van der Waals surface area (Å²) in [6.45, 7) is 6.15. The van der Waals surface area contributed by atoms with Gasteiger partial charge in [-0.2, -0.15) is 5.10 Å². The second kappa shape index (κ2) is 4.53. The summed E-state index contributed by atoms with van der Waals surface area (Å²) in [5, 5.41) is 7.32. The van der Waals surface area contributed by atoms with Crippen LogP contribution in [0.15, 0.2) is 18.5 Å². The van der Waals surface area contributed by atoms with Gasteiger partial charge in [0.05, 0.1) is 0 Å². The smallest absolute Gasteiger partial charge is 0.162 e. The third kappa shape index (κ3) is 2.13. The first-order valence-corrected chi connectivity index (χ1v) is 5.69. The summed E-state index contributed by atoms with van der Waals surface area (Å²) in [4.78, 5) is 9.07. The van der Waals surface area contributed by atoms with Crippen molar-refractivity contribution in [2.45, 2.75) is 26.7 Å². The molecule has 0 aliphatic rings. The van der Waals surface area contributed by atoms with E-state index >= 15 is 0 Å². The van der Waals surface area contributed by atoms with Gasteiger partial charge in [0.1, 0.15) is 11.6 Å². The highest BCUT2D eigenvalue weighted by Gasteiger charge is 2.13. The van der Waals surface area contributed by atoms with Crippen molar-refractivity contribution in [1.29, 1.82) is 0 Å². The van der Waals surface area contributed by atoms with E-state index in [1.807, 2.05) is 26.2 Å². The minimum absolute atomic E-state index is 0.289. The maximum absolute atomic E-state index is 4.57.